The Morgan fingerprint density at radius 1 is 1.19 bits per heavy atom. The van der Waals surface area contributed by atoms with Gasteiger partial charge in [-0.2, -0.15) is 5.10 Å². The van der Waals surface area contributed by atoms with Gasteiger partial charge in [0.05, 0.1) is 16.7 Å². The molecule has 0 unspecified atom stereocenters. The Labute approximate surface area is 159 Å². The highest BCUT2D eigenvalue weighted by Gasteiger charge is 2.18. The Kier molecular flexibility index (Phi) is 5.33. The first-order valence-corrected chi connectivity index (χ1v) is 8.26. The van der Waals surface area contributed by atoms with Crippen molar-refractivity contribution in [2.45, 2.75) is 6.92 Å². The van der Waals surface area contributed by atoms with Crippen molar-refractivity contribution in [1.82, 2.24) is 5.43 Å². The number of hydrogen-bond donors (Lipinski definition) is 1. The highest BCUT2D eigenvalue weighted by atomic mass is 35.5. The second kappa shape index (κ2) is 7.84. The third kappa shape index (κ3) is 4.39. The summed E-state index contributed by atoms with van der Waals surface area (Å²) in [5.74, 6) is 0.273. The molecule has 0 spiro atoms. The maximum atomic E-state index is 12.0. The van der Waals surface area contributed by atoms with Crippen LogP contribution in [0.15, 0.2) is 64.1 Å². The number of furan rings is 1. The zero-order chi connectivity index (χ0) is 19.4. The lowest BCUT2D eigenvalue weighted by atomic mass is 10.1. The summed E-state index contributed by atoms with van der Waals surface area (Å²) in [5.41, 5.74) is 4.07. The van der Waals surface area contributed by atoms with Gasteiger partial charge in [0.1, 0.15) is 11.5 Å². The molecule has 0 radical (unpaired) electrons. The van der Waals surface area contributed by atoms with Crippen molar-refractivity contribution in [1.29, 1.82) is 0 Å². The summed E-state index contributed by atoms with van der Waals surface area (Å²) in [6.45, 7) is 1.93. The minimum atomic E-state index is -0.528. The number of nitrogens with zero attached hydrogens (tertiary/aromatic N) is 2. The molecule has 136 valence electrons. The van der Waals surface area contributed by atoms with Crippen LogP contribution in [0.2, 0.25) is 5.02 Å². The zero-order valence-corrected chi connectivity index (χ0v) is 14.9. The van der Waals surface area contributed by atoms with E-state index in [-0.39, 0.29) is 16.6 Å². The number of amides is 1. The minimum Gasteiger partial charge on any atom is -0.455 e. The Bertz CT molecular complexity index is 1030. The van der Waals surface area contributed by atoms with E-state index in [4.69, 9.17) is 16.0 Å². The lowest BCUT2D eigenvalue weighted by Gasteiger charge is -2.00. The summed E-state index contributed by atoms with van der Waals surface area (Å²) in [4.78, 5) is 22.6. The number of nitro groups is 1. The molecule has 2 aromatic carbocycles. The molecule has 0 aliphatic rings. The van der Waals surface area contributed by atoms with Gasteiger partial charge in [-0.15, -0.1) is 0 Å². The van der Waals surface area contributed by atoms with Gasteiger partial charge >= 0.3 is 0 Å². The van der Waals surface area contributed by atoms with Crippen molar-refractivity contribution in [2.24, 2.45) is 5.10 Å². The lowest BCUT2D eigenvalue weighted by Crippen LogP contribution is -2.17. The van der Waals surface area contributed by atoms with E-state index in [9.17, 15) is 14.9 Å². The van der Waals surface area contributed by atoms with E-state index in [0.29, 0.717) is 22.6 Å². The molecule has 8 heteroatoms. The Balaban J connectivity index is 1.73. The molecular weight excluding hydrogens is 370 g/mol. The fourth-order valence-electron chi connectivity index (χ4n) is 2.36. The highest BCUT2D eigenvalue weighted by Crippen LogP contribution is 2.33. The van der Waals surface area contributed by atoms with E-state index in [0.717, 1.165) is 5.56 Å². The number of carbonyl (C=O) groups is 1. The molecule has 1 heterocycles. The predicted molar refractivity (Wildman–Crippen MR) is 102 cm³/mol. The van der Waals surface area contributed by atoms with Crippen LogP contribution in [0, 0.1) is 17.0 Å². The second-order valence-corrected chi connectivity index (χ2v) is 6.12. The van der Waals surface area contributed by atoms with E-state index in [1.54, 1.807) is 30.3 Å². The monoisotopic (exact) mass is 383 g/mol. The molecule has 3 rings (SSSR count). The van der Waals surface area contributed by atoms with Crippen LogP contribution >= 0.6 is 11.6 Å². The number of benzene rings is 2. The molecule has 1 N–H and O–H groups in total. The van der Waals surface area contributed by atoms with E-state index in [1.807, 2.05) is 19.1 Å². The van der Waals surface area contributed by atoms with Crippen molar-refractivity contribution < 1.29 is 14.1 Å². The average molecular weight is 384 g/mol. The largest absolute Gasteiger partial charge is 0.455 e. The SMILES string of the molecule is Cc1ccc(C(=O)N/N=C/c2ccc(-c3ccc(Cl)cc3[N+](=O)[O-])o2)cc1. The predicted octanol–water partition coefficient (Wildman–Crippen LogP) is 4.58. The molecule has 7 nitrogen and oxygen atoms in total. The van der Waals surface area contributed by atoms with Crippen LogP contribution < -0.4 is 5.43 Å². The number of hydrogen-bond acceptors (Lipinski definition) is 5. The van der Waals surface area contributed by atoms with E-state index in [2.05, 4.69) is 10.5 Å². The summed E-state index contributed by atoms with van der Waals surface area (Å²) in [7, 11) is 0. The van der Waals surface area contributed by atoms with Crippen molar-refractivity contribution in [2.75, 3.05) is 0 Å². The molecule has 0 atom stereocenters. The zero-order valence-electron chi connectivity index (χ0n) is 14.2. The van der Waals surface area contributed by atoms with Crippen LogP contribution in [0.3, 0.4) is 0 Å². The normalized spacial score (nSPS) is 10.9. The van der Waals surface area contributed by atoms with Gasteiger partial charge in [0.2, 0.25) is 0 Å². The van der Waals surface area contributed by atoms with Gasteiger partial charge in [-0.05, 0) is 43.3 Å². The maximum absolute atomic E-state index is 12.0. The second-order valence-electron chi connectivity index (χ2n) is 5.69. The fourth-order valence-corrected chi connectivity index (χ4v) is 2.52. The first kappa shape index (κ1) is 18.3. The van der Waals surface area contributed by atoms with Crippen molar-refractivity contribution >= 4 is 29.4 Å². The average Bonchev–Trinajstić information content (AvgIpc) is 3.10. The summed E-state index contributed by atoms with van der Waals surface area (Å²) in [5, 5.41) is 15.3. The molecule has 0 fully saturated rings. The smallest absolute Gasteiger partial charge is 0.281 e. The molecule has 0 aliphatic heterocycles. The van der Waals surface area contributed by atoms with Crippen molar-refractivity contribution in [3.8, 4) is 11.3 Å². The molecule has 1 aromatic heterocycles. The van der Waals surface area contributed by atoms with Crippen LogP contribution in [-0.2, 0) is 0 Å². The van der Waals surface area contributed by atoms with E-state index >= 15 is 0 Å². The molecule has 0 saturated carbocycles. The summed E-state index contributed by atoms with van der Waals surface area (Å²) in [6.07, 6.45) is 1.32. The lowest BCUT2D eigenvalue weighted by molar-refractivity contribution is -0.384. The van der Waals surface area contributed by atoms with Crippen LogP contribution in [0.5, 0.6) is 0 Å². The highest BCUT2D eigenvalue weighted by molar-refractivity contribution is 6.30. The summed E-state index contributed by atoms with van der Waals surface area (Å²) < 4.78 is 5.56. The van der Waals surface area contributed by atoms with Gasteiger partial charge in [0.15, 0.2) is 0 Å². The van der Waals surface area contributed by atoms with Gasteiger partial charge < -0.3 is 4.42 Å². The first-order valence-electron chi connectivity index (χ1n) is 7.88. The van der Waals surface area contributed by atoms with Gasteiger partial charge in [0.25, 0.3) is 11.6 Å². The van der Waals surface area contributed by atoms with Crippen LogP contribution in [-0.4, -0.2) is 17.0 Å². The maximum Gasteiger partial charge on any atom is 0.281 e. The molecule has 1 amide bonds. The number of nitro benzene ring substituents is 1. The minimum absolute atomic E-state index is 0.159. The number of halogens is 1. The quantitative estimate of drug-likeness (QED) is 0.396. The number of aryl methyl sites for hydroxylation is 1. The third-order valence-electron chi connectivity index (χ3n) is 3.72. The van der Waals surface area contributed by atoms with Gasteiger partial charge in [-0.25, -0.2) is 5.43 Å². The van der Waals surface area contributed by atoms with Crippen molar-refractivity contribution in [3.63, 3.8) is 0 Å². The number of carbonyl (C=O) groups excluding carboxylic acids is 1. The molecule has 27 heavy (non-hydrogen) atoms. The van der Waals surface area contributed by atoms with Gasteiger partial charge in [-0.3, -0.25) is 14.9 Å². The molecule has 0 bridgehead atoms. The summed E-state index contributed by atoms with van der Waals surface area (Å²) in [6, 6.07) is 14.5. The number of rotatable bonds is 5. The Hall–Kier alpha value is -3.45. The fraction of sp³-hybridized carbons (Fsp3) is 0.0526. The van der Waals surface area contributed by atoms with Crippen molar-refractivity contribution in [3.05, 3.63) is 86.6 Å². The van der Waals surface area contributed by atoms with Gasteiger partial charge in [0, 0.05) is 16.7 Å². The van der Waals surface area contributed by atoms with E-state index < -0.39 is 4.92 Å². The van der Waals surface area contributed by atoms with Crippen LogP contribution in [0.1, 0.15) is 21.7 Å². The standard InChI is InChI=1S/C19H14ClN3O4/c1-12-2-4-13(5-3-12)19(24)22-21-11-15-7-9-18(27-15)16-8-6-14(20)10-17(16)23(25)26/h2-11H,1H3,(H,22,24)/b21-11+. The Morgan fingerprint density at radius 3 is 2.63 bits per heavy atom. The molecule has 0 aliphatic carbocycles. The Morgan fingerprint density at radius 2 is 1.93 bits per heavy atom. The van der Waals surface area contributed by atoms with E-state index in [1.165, 1.54) is 18.3 Å². The first-order chi connectivity index (χ1) is 12.9. The number of nitrogens with one attached hydrogen (secondary N) is 1. The molecular formula is C19H14ClN3O4. The molecule has 0 saturated heterocycles. The topological polar surface area (TPSA) is 97.7 Å². The van der Waals surface area contributed by atoms with Gasteiger partial charge in [-0.1, -0.05) is 29.3 Å². The summed E-state index contributed by atoms with van der Waals surface area (Å²) >= 11 is 5.81. The molecule has 3 aromatic rings. The van der Waals surface area contributed by atoms with Crippen LogP contribution in [0.4, 0.5) is 5.69 Å². The number of hydrazone groups is 1. The third-order valence-corrected chi connectivity index (χ3v) is 3.96. The van der Waals surface area contributed by atoms with Crippen LogP contribution in [0.25, 0.3) is 11.3 Å².